The van der Waals surface area contributed by atoms with Gasteiger partial charge in [-0.25, -0.2) is 4.39 Å². The molecule has 2 heterocycles. The number of rotatable bonds is 6. The molecule has 36 heavy (non-hydrogen) atoms. The van der Waals surface area contributed by atoms with Crippen molar-refractivity contribution in [3.8, 4) is 5.75 Å². The van der Waals surface area contributed by atoms with Crippen LogP contribution in [0.5, 0.6) is 5.75 Å². The van der Waals surface area contributed by atoms with Crippen molar-refractivity contribution in [2.75, 3.05) is 19.7 Å². The van der Waals surface area contributed by atoms with Crippen molar-refractivity contribution < 1.29 is 18.7 Å². The normalized spacial score (nSPS) is 15.4. The largest absolute Gasteiger partial charge is 0.491 e. The Kier molecular flexibility index (Phi) is 7.50. The van der Waals surface area contributed by atoms with Crippen LogP contribution in [-0.2, 0) is 11.2 Å². The van der Waals surface area contributed by atoms with Gasteiger partial charge >= 0.3 is 0 Å². The van der Waals surface area contributed by atoms with Crippen LogP contribution in [0, 0.1) is 19.7 Å². The van der Waals surface area contributed by atoms with Crippen LogP contribution in [0.4, 0.5) is 4.39 Å². The number of thiophene rings is 1. The van der Waals surface area contributed by atoms with Crippen molar-refractivity contribution in [2.24, 2.45) is 0 Å². The van der Waals surface area contributed by atoms with Gasteiger partial charge in [-0.3, -0.25) is 9.59 Å². The van der Waals surface area contributed by atoms with Crippen molar-refractivity contribution in [1.82, 2.24) is 9.80 Å². The average molecular weight is 509 g/mol. The molecule has 1 aliphatic heterocycles. The number of hydrogen-bond acceptors (Lipinski definition) is 4. The van der Waals surface area contributed by atoms with Crippen molar-refractivity contribution in [3.63, 3.8) is 0 Å². The average Bonchev–Trinajstić information content (AvgIpc) is 3.30. The summed E-state index contributed by atoms with van der Waals surface area (Å²) in [7, 11) is 0. The first-order valence-electron chi connectivity index (χ1n) is 12.2. The van der Waals surface area contributed by atoms with E-state index in [0.717, 1.165) is 23.3 Å². The van der Waals surface area contributed by atoms with Gasteiger partial charge in [-0.05, 0) is 87.9 Å². The minimum atomic E-state index is -0.632. The van der Waals surface area contributed by atoms with Gasteiger partial charge in [0, 0.05) is 22.5 Å². The molecule has 0 saturated carbocycles. The third kappa shape index (κ3) is 5.62. The van der Waals surface area contributed by atoms with E-state index in [0.29, 0.717) is 13.2 Å². The molecule has 1 atom stereocenters. The van der Waals surface area contributed by atoms with E-state index in [2.05, 4.69) is 17.5 Å². The second-order valence-electron chi connectivity index (χ2n) is 10.3. The maximum Gasteiger partial charge on any atom is 0.254 e. The van der Waals surface area contributed by atoms with Gasteiger partial charge in [0.25, 0.3) is 5.91 Å². The summed E-state index contributed by atoms with van der Waals surface area (Å²) in [6, 6.07) is 13.5. The standard InChI is InChI=1S/C29H33FN2O3S/c1-19-9-10-25(20(2)15-19)35-18-24-23-12-14-36-26(23)11-13-31(24)27(33)17-32(29(3,4)5)28(34)21-7-6-8-22(30)16-21/h6-10,12,14-16,24H,11,13,17-18H2,1-5H3/t24-/m1/s1. The van der Waals surface area contributed by atoms with Crippen molar-refractivity contribution in [3.05, 3.63) is 86.9 Å². The number of halogens is 1. The first-order chi connectivity index (χ1) is 17.0. The minimum absolute atomic E-state index is 0.0988. The quantitative estimate of drug-likeness (QED) is 0.413. The molecule has 0 radical (unpaired) electrons. The summed E-state index contributed by atoms with van der Waals surface area (Å²) in [5.74, 6) is -0.203. The van der Waals surface area contributed by atoms with Crippen LogP contribution >= 0.6 is 11.3 Å². The highest BCUT2D eigenvalue weighted by Gasteiger charge is 2.36. The lowest BCUT2D eigenvalue weighted by atomic mass is 9.99. The molecule has 0 unspecified atom stereocenters. The molecule has 190 valence electrons. The molecule has 1 aromatic heterocycles. The fraction of sp³-hybridized carbons (Fsp3) is 0.379. The lowest BCUT2D eigenvalue weighted by molar-refractivity contribution is -0.136. The zero-order valence-corrected chi connectivity index (χ0v) is 22.3. The van der Waals surface area contributed by atoms with Gasteiger partial charge in [-0.15, -0.1) is 11.3 Å². The number of ether oxygens (including phenoxy) is 1. The number of benzene rings is 2. The number of fused-ring (bicyclic) bond motifs is 1. The van der Waals surface area contributed by atoms with Crippen molar-refractivity contribution in [2.45, 2.75) is 52.6 Å². The van der Waals surface area contributed by atoms with E-state index < -0.39 is 11.4 Å². The summed E-state index contributed by atoms with van der Waals surface area (Å²) in [5, 5.41) is 2.05. The highest BCUT2D eigenvalue weighted by Crippen LogP contribution is 2.35. The Hall–Kier alpha value is -3.19. The highest BCUT2D eigenvalue weighted by atomic mass is 32.1. The van der Waals surface area contributed by atoms with Crippen molar-refractivity contribution in [1.29, 1.82) is 0 Å². The second-order valence-corrected chi connectivity index (χ2v) is 11.3. The van der Waals surface area contributed by atoms with Gasteiger partial charge in [-0.2, -0.15) is 0 Å². The molecule has 3 aromatic rings. The summed E-state index contributed by atoms with van der Waals surface area (Å²) >= 11 is 1.70. The fourth-order valence-electron chi connectivity index (χ4n) is 4.62. The van der Waals surface area contributed by atoms with Gasteiger partial charge in [0.05, 0.1) is 6.04 Å². The van der Waals surface area contributed by atoms with E-state index in [1.54, 1.807) is 17.4 Å². The third-order valence-electron chi connectivity index (χ3n) is 6.56. The van der Waals surface area contributed by atoms with Gasteiger partial charge in [0.2, 0.25) is 5.91 Å². The van der Waals surface area contributed by atoms with Crippen LogP contribution in [0.25, 0.3) is 0 Å². The highest BCUT2D eigenvalue weighted by molar-refractivity contribution is 7.10. The SMILES string of the molecule is Cc1ccc(OC[C@@H]2c3ccsc3CCN2C(=O)CN(C(=O)c2cccc(F)c2)C(C)(C)C)c(C)c1. The number of amides is 2. The predicted octanol–water partition coefficient (Wildman–Crippen LogP) is 5.95. The van der Waals surface area contributed by atoms with Crippen molar-refractivity contribution >= 4 is 23.2 Å². The molecule has 7 heteroatoms. The summed E-state index contributed by atoms with van der Waals surface area (Å²) in [5.41, 5.74) is 2.91. The van der Waals surface area contributed by atoms with Gasteiger partial charge < -0.3 is 14.5 Å². The van der Waals surface area contributed by atoms with E-state index in [1.165, 1.54) is 33.5 Å². The summed E-state index contributed by atoms with van der Waals surface area (Å²) in [6.45, 7) is 10.5. The van der Waals surface area contributed by atoms with E-state index >= 15 is 0 Å². The molecule has 2 amide bonds. The molecule has 0 aliphatic carbocycles. The van der Waals surface area contributed by atoms with Crippen LogP contribution < -0.4 is 4.74 Å². The molecule has 2 aromatic carbocycles. The number of nitrogens with zero attached hydrogens (tertiary/aromatic N) is 2. The molecule has 1 aliphatic rings. The van der Waals surface area contributed by atoms with Crippen LogP contribution in [0.15, 0.2) is 53.9 Å². The Balaban J connectivity index is 1.57. The molecular weight excluding hydrogens is 475 g/mol. The third-order valence-corrected chi connectivity index (χ3v) is 7.56. The zero-order valence-electron chi connectivity index (χ0n) is 21.5. The summed E-state index contributed by atoms with van der Waals surface area (Å²) in [4.78, 5) is 31.7. The number of aryl methyl sites for hydroxylation is 2. The van der Waals surface area contributed by atoms with Crippen LogP contribution in [0.1, 0.15) is 58.7 Å². The lowest BCUT2D eigenvalue weighted by Crippen LogP contribution is -2.53. The molecular formula is C29H33FN2O3S. The Morgan fingerprint density at radius 3 is 2.61 bits per heavy atom. The van der Waals surface area contributed by atoms with Crippen LogP contribution in [0.2, 0.25) is 0 Å². The van der Waals surface area contributed by atoms with E-state index in [4.69, 9.17) is 4.74 Å². The van der Waals surface area contributed by atoms with Gasteiger partial charge in [0.1, 0.15) is 24.7 Å². The maximum absolute atomic E-state index is 13.8. The summed E-state index contributed by atoms with van der Waals surface area (Å²) in [6.07, 6.45) is 0.770. The topological polar surface area (TPSA) is 49.9 Å². The first kappa shape index (κ1) is 25.9. The van der Waals surface area contributed by atoms with E-state index in [9.17, 15) is 14.0 Å². The molecule has 0 spiro atoms. The van der Waals surface area contributed by atoms with E-state index in [-0.39, 0.29) is 30.0 Å². The van der Waals surface area contributed by atoms with E-state index in [1.807, 2.05) is 51.7 Å². The molecule has 0 fully saturated rings. The molecule has 4 rings (SSSR count). The maximum atomic E-state index is 13.8. The monoisotopic (exact) mass is 508 g/mol. The van der Waals surface area contributed by atoms with Crippen LogP contribution in [0.3, 0.4) is 0 Å². The predicted molar refractivity (Wildman–Crippen MR) is 141 cm³/mol. The fourth-order valence-corrected chi connectivity index (χ4v) is 5.55. The van der Waals surface area contributed by atoms with Gasteiger partial charge in [0.15, 0.2) is 0 Å². The molecule has 0 saturated heterocycles. The summed E-state index contributed by atoms with van der Waals surface area (Å²) < 4.78 is 20.0. The lowest BCUT2D eigenvalue weighted by Gasteiger charge is -2.40. The number of carbonyl (C=O) groups is 2. The first-order valence-corrected chi connectivity index (χ1v) is 13.1. The Labute approximate surface area is 216 Å². The number of hydrogen-bond donors (Lipinski definition) is 0. The Morgan fingerprint density at radius 2 is 1.92 bits per heavy atom. The smallest absolute Gasteiger partial charge is 0.254 e. The minimum Gasteiger partial charge on any atom is -0.491 e. The Morgan fingerprint density at radius 1 is 1.14 bits per heavy atom. The van der Waals surface area contributed by atoms with Crippen LogP contribution in [-0.4, -0.2) is 46.8 Å². The molecule has 0 N–H and O–H groups in total. The molecule has 5 nitrogen and oxygen atoms in total. The van der Waals surface area contributed by atoms with Gasteiger partial charge in [-0.1, -0.05) is 23.8 Å². The Bertz CT molecular complexity index is 1260. The molecule has 0 bridgehead atoms. The second kappa shape index (κ2) is 10.4. The number of carbonyl (C=O) groups excluding carboxylic acids is 2. The zero-order chi connectivity index (χ0) is 26.0.